The van der Waals surface area contributed by atoms with Crippen molar-refractivity contribution >= 4 is 17.7 Å². The minimum absolute atomic E-state index is 0.0150. The van der Waals surface area contributed by atoms with E-state index in [1.54, 1.807) is 14.0 Å². The molecule has 1 aromatic rings. The fourth-order valence-electron chi connectivity index (χ4n) is 4.29. The summed E-state index contributed by atoms with van der Waals surface area (Å²) < 4.78 is 0. The monoisotopic (exact) mass is 473 g/mol. The first kappa shape index (κ1) is 27.8. The summed E-state index contributed by atoms with van der Waals surface area (Å²) in [7, 11) is 1.72. The van der Waals surface area contributed by atoms with Crippen molar-refractivity contribution in [2.45, 2.75) is 71.5 Å². The van der Waals surface area contributed by atoms with E-state index in [0.29, 0.717) is 26.2 Å². The number of carbonyl (C=O) groups is 3. The summed E-state index contributed by atoms with van der Waals surface area (Å²) in [6.45, 7) is 9.65. The molecule has 1 aliphatic heterocycles. The van der Waals surface area contributed by atoms with E-state index < -0.39 is 17.5 Å². The van der Waals surface area contributed by atoms with Gasteiger partial charge in [0.05, 0.1) is 6.04 Å². The molecule has 0 radical (unpaired) electrons. The van der Waals surface area contributed by atoms with Crippen LogP contribution in [0, 0.1) is 5.41 Å². The third-order valence-electron chi connectivity index (χ3n) is 6.54. The van der Waals surface area contributed by atoms with E-state index in [4.69, 9.17) is 5.73 Å². The molecule has 2 rings (SSSR count). The number of nitrogens with two attached hydrogens (primary N) is 1. The zero-order valence-electron chi connectivity index (χ0n) is 21.5. The lowest BCUT2D eigenvalue weighted by Gasteiger charge is -2.37. The average molecular weight is 474 g/mol. The van der Waals surface area contributed by atoms with E-state index in [2.05, 4.69) is 22.8 Å². The minimum Gasteiger partial charge on any atom is -0.342 e. The molecular weight excluding hydrogens is 430 g/mol. The van der Waals surface area contributed by atoms with E-state index >= 15 is 0 Å². The number of nitrogens with one attached hydrogen (secondary N) is 2. The minimum atomic E-state index is -0.645. The molecule has 8 nitrogen and oxygen atoms in total. The number of benzene rings is 1. The van der Waals surface area contributed by atoms with Gasteiger partial charge in [0.25, 0.3) is 0 Å². The highest BCUT2D eigenvalue weighted by Crippen LogP contribution is 2.26. The molecule has 190 valence electrons. The zero-order chi connectivity index (χ0) is 25.3. The molecule has 3 amide bonds. The molecule has 0 saturated carbocycles. The number of carbonyl (C=O) groups excluding carboxylic acids is 3. The molecule has 0 aliphatic carbocycles. The van der Waals surface area contributed by atoms with Crippen molar-refractivity contribution in [3.05, 3.63) is 35.9 Å². The van der Waals surface area contributed by atoms with Crippen LogP contribution in [0.1, 0.15) is 52.5 Å². The highest BCUT2D eigenvalue weighted by molar-refractivity contribution is 5.90. The molecule has 1 saturated heterocycles. The number of nitrogens with zero attached hydrogens (tertiary/aromatic N) is 2. The number of hydrogen-bond donors (Lipinski definition) is 3. The van der Waals surface area contributed by atoms with Crippen LogP contribution in [-0.4, -0.2) is 78.9 Å². The fourth-order valence-corrected chi connectivity index (χ4v) is 4.29. The van der Waals surface area contributed by atoms with Gasteiger partial charge in [0, 0.05) is 38.6 Å². The smallest absolute Gasteiger partial charge is 0.246 e. The lowest BCUT2D eigenvalue weighted by atomic mass is 9.85. The maximum atomic E-state index is 13.7. The maximum Gasteiger partial charge on any atom is 0.246 e. The Labute approximate surface area is 204 Å². The summed E-state index contributed by atoms with van der Waals surface area (Å²) in [4.78, 5) is 42.8. The van der Waals surface area contributed by atoms with Gasteiger partial charge < -0.3 is 26.2 Å². The fraction of sp³-hybridized carbons (Fsp3) is 0.654. The van der Waals surface area contributed by atoms with Gasteiger partial charge in [-0.3, -0.25) is 14.4 Å². The molecule has 8 heteroatoms. The van der Waals surface area contributed by atoms with Crippen LogP contribution in [0.3, 0.4) is 0 Å². The standard InChI is InChI=1S/C26H43N5O3/c1-19(28-5)24(33)29-23(26(2,3)4)25(34)31-16-9-12-21(31)18-30(22(32)13-15-27)17-14-20-10-7-6-8-11-20/h6-8,10-11,19,21,23,28H,9,12-18,27H2,1-5H3,(H,29,33)/t19-,21-,23+/m0/s1. The van der Waals surface area contributed by atoms with Gasteiger partial charge in [-0.15, -0.1) is 0 Å². The van der Waals surface area contributed by atoms with E-state index in [0.717, 1.165) is 19.3 Å². The molecule has 1 aromatic carbocycles. The summed E-state index contributed by atoms with van der Waals surface area (Å²) in [6, 6.07) is 8.96. The molecule has 1 fully saturated rings. The molecular formula is C26H43N5O3. The third kappa shape index (κ3) is 7.81. The van der Waals surface area contributed by atoms with Gasteiger partial charge in [-0.25, -0.2) is 0 Å². The second-order valence-corrected chi connectivity index (χ2v) is 10.3. The van der Waals surface area contributed by atoms with Crippen molar-refractivity contribution in [3.8, 4) is 0 Å². The van der Waals surface area contributed by atoms with Crippen LogP contribution in [0.15, 0.2) is 30.3 Å². The summed E-state index contributed by atoms with van der Waals surface area (Å²) in [6.07, 6.45) is 2.76. The quantitative estimate of drug-likeness (QED) is 0.452. The Bertz CT molecular complexity index is 808. The molecule has 3 atom stereocenters. The van der Waals surface area contributed by atoms with Gasteiger partial charge in [0.2, 0.25) is 17.7 Å². The Morgan fingerprint density at radius 3 is 2.47 bits per heavy atom. The first-order valence-corrected chi connectivity index (χ1v) is 12.4. The molecule has 1 aliphatic rings. The Kier molecular flexibility index (Phi) is 10.5. The van der Waals surface area contributed by atoms with Crippen molar-refractivity contribution in [1.82, 2.24) is 20.4 Å². The number of likely N-dealkylation sites (tertiary alicyclic amines) is 1. The first-order chi connectivity index (χ1) is 16.1. The van der Waals surface area contributed by atoms with Gasteiger partial charge >= 0.3 is 0 Å². The highest BCUT2D eigenvalue weighted by Gasteiger charge is 2.40. The van der Waals surface area contributed by atoms with Crippen LogP contribution in [0.2, 0.25) is 0 Å². The molecule has 0 bridgehead atoms. The predicted molar refractivity (Wildman–Crippen MR) is 135 cm³/mol. The number of likely N-dealkylation sites (N-methyl/N-ethyl adjacent to an activating group) is 1. The van der Waals surface area contributed by atoms with Crippen LogP contribution in [0.25, 0.3) is 0 Å². The highest BCUT2D eigenvalue weighted by atomic mass is 16.2. The van der Waals surface area contributed by atoms with Gasteiger partial charge in [-0.1, -0.05) is 51.1 Å². The van der Waals surface area contributed by atoms with E-state index in [1.807, 2.05) is 48.8 Å². The number of amides is 3. The molecule has 0 unspecified atom stereocenters. The van der Waals surface area contributed by atoms with Crippen LogP contribution < -0.4 is 16.4 Å². The van der Waals surface area contributed by atoms with Crippen molar-refractivity contribution in [3.63, 3.8) is 0 Å². The molecule has 34 heavy (non-hydrogen) atoms. The van der Waals surface area contributed by atoms with Crippen LogP contribution in [0.4, 0.5) is 0 Å². The number of hydrogen-bond acceptors (Lipinski definition) is 5. The molecule has 1 heterocycles. The van der Waals surface area contributed by atoms with Gasteiger partial charge in [0.1, 0.15) is 6.04 Å². The van der Waals surface area contributed by atoms with E-state index in [9.17, 15) is 14.4 Å². The van der Waals surface area contributed by atoms with Crippen LogP contribution in [-0.2, 0) is 20.8 Å². The van der Waals surface area contributed by atoms with Crippen molar-refractivity contribution < 1.29 is 14.4 Å². The number of rotatable bonds is 11. The summed E-state index contributed by atoms with van der Waals surface area (Å²) in [5, 5.41) is 5.88. The summed E-state index contributed by atoms with van der Waals surface area (Å²) in [5.41, 5.74) is 6.39. The SMILES string of the molecule is CN[C@@H](C)C(=O)N[C@H](C(=O)N1CCC[C@H]1CN(CCc1ccccc1)C(=O)CCN)C(C)(C)C. The Morgan fingerprint density at radius 2 is 1.88 bits per heavy atom. The Hall–Kier alpha value is -2.45. The van der Waals surface area contributed by atoms with Crippen LogP contribution in [0.5, 0.6) is 0 Å². The lowest BCUT2D eigenvalue weighted by Crippen LogP contribution is -2.59. The van der Waals surface area contributed by atoms with Crippen molar-refractivity contribution in [1.29, 1.82) is 0 Å². The predicted octanol–water partition coefficient (Wildman–Crippen LogP) is 1.54. The lowest BCUT2D eigenvalue weighted by molar-refractivity contribution is -0.142. The van der Waals surface area contributed by atoms with Crippen molar-refractivity contribution in [2.24, 2.45) is 11.1 Å². The van der Waals surface area contributed by atoms with E-state index in [1.165, 1.54) is 5.56 Å². The zero-order valence-corrected chi connectivity index (χ0v) is 21.5. The summed E-state index contributed by atoms with van der Waals surface area (Å²) in [5.74, 6) is -0.267. The first-order valence-electron chi connectivity index (χ1n) is 12.4. The summed E-state index contributed by atoms with van der Waals surface area (Å²) >= 11 is 0. The second-order valence-electron chi connectivity index (χ2n) is 10.3. The molecule has 4 N–H and O–H groups in total. The van der Waals surface area contributed by atoms with Gasteiger partial charge in [-0.2, -0.15) is 0 Å². The van der Waals surface area contributed by atoms with Crippen LogP contribution >= 0.6 is 0 Å². The van der Waals surface area contributed by atoms with Gasteiger partial charge in [0.15, 0.2) is 0 Å². The average Bonchev–Trinajstić information content (AvgIpc) is 3.27. The third-order valence-corrected chi connectivity index (χ3v) is 6.54. The van der Waals surface area contributed by atoms with Gasteiger partial charge in [-0.05, 0) is 44.2 Å². The van der Waals surface area contributed by atoms with Crippen molar-refractivity contribution in [2.75, 3.05) is 33.2 Å². The molecule has 0 spiro atoms. The normalized spacial score (nSPS) is 17.8. The topological polar surface area (TPSA) is 108 Å². The molecule has 0 aromatic heterocycles. The second kappa shape index (κ2) is 12.9. The Balaban J connectivity index is 2.15. The van der Waals surface area contributed by atoms with E-state index in [-0.39, 0.29) is 30.2 Å². The maximum absolute atomic E-state index is 13.7. The Morgan fingerprint density at radius 1 is 1.21 bits per heavy atom. The largest absolute Gasteiger partial charge is 0.342 e.